The average Bonchev–Trinajstić information content (AvgIpc) is 3.15. The van der Waals surface area contributed by atoms with E-state index in [1.807, 2.05) is 16.7 Å². The Balaban J connectivity index is 1.86. The predicted octanol–water partition coefficient (Wildman–Crippen LogP) is 1.73. The number of carbonyl (C=O) groups is 1. The van der Waals surface area contributed by atoms with Crippen LogP contribution in [0, 0.1) is 5.92 Å². The fourth-order valence-electron chi connectivity index (χ4n) is 2.83. The number of furan rings is 1. The number of anilines is 1. The number of hydrogen-bond donors (Lipinski definition) is 1. The van der Waals surface area contributed by atoms with Gasteiger partial charge in [0.25, 0.3) is 0 Å². The molecule has 1 aliphatic rings. The van der Waals surface area contributed by atoms with Gasteiger partial charge in [0.15, 0.2) is 5.16 Å². The molecule has 0 unspecified atom stereocenters. The van der Waals surface area contributed by atoms with E-state index in [0.717, 1.165) is 31.2 Å². The molecule has 0 saturated carbocycles. The third kappa shape index (κ3) is 3.87. The highest BCUT2D eigenvalue weighted by Gasteiger charge is 2.24. The molecule has 1 saturated heterocycles. The van der Waals surface area contributed by atoms with Crippen molar-refractivity contribution in [3.8, 4) is 0 Å². The van der Waals surface area contributed by atoms with E-state index < -0.39 is 0 Å². The van der Waals surface area contributed by atoms with Crippen molar-refractivity contribution in [2.24, 2.45) is 11.7 Å². The van der Waals surface area contributed by atoms with Gasteiger partial charge >= 0.3 is 0 Å². The molecule has 3 heterocycles. The van der Waals surface area contributed by atoms with E-state index in [-0.39, 0.29) is 11.7 Å². The van der Waals surface area contributed by atoms with E-state index in [1.54, 1.807) is 6.26 Å². The first kappa shape index (κ1) is 15.9. The van der Waals surface area contributed by atoms with Crippen molar-refractivity contribution in [3.63, 3.8) is 0 Å². The molecule has 23 heavy (non-hydrogen) atoms. The number of hydrogen-bond acceptors (Lipinski definition) is 6. The predicted molar refractivity (Wildman–Crippen MR) is 88.4 cm³/mol. The molecule has 2 N–H and O–H groups in total. The second kappa shape index (κ2) is 7.08. The minimum Gasteiger partial charge on any atom is -0.467 e. The lowest BCUT2D eigenvalue weighted by Crippen LogP contribution is -2.36. The Bertz CT molecular complexity index is 655. The minimum atomic E-state index is -0.365. The van der Waals surface area contributed by atoms with Gasteiger partial charge in [0.2, 0.25) is 11.9 Å². The van der Waals surface area contributed by atoms with Gasteiger partial charge in [0, 0.05) is 13.1 Å². The first-order valence-electron chi connectivity index (χ1n) is 7.75. The SMILES string of the molecule is C[C@H]1CCCN(c2nnc(SCC(N)=O)n2Cc2ccco2)C1. The molecule has 0 aromatic carbocycles. The molecule has 0 radical (unpaired) electrons. The third-order valence-corrected chi connectivity index (χ3v) is 4.86. The molecule has 8 heteroatoms. The van der Waals surface area contributed by atoms with Crippen molar-refractivity contribution in [2.75, 3.05) is 23.7 Å². The maximum atomic E-state index is 11.1. The molecule has 7 nitrogen and oxygen atoms in total. The summed E-state index contributed by atoms with van der Waals surface area (Å²) in [4.78, 5) is 13.3. The number of thioether (sulfide) groups is 1. The number of nitrogens with two attached hydrogens (primary N) is 1. The lowest BCUT2D eigenvalue weighted by molar-refractivity contribution is -0.115. The van der Waals surface area contributed by atoms with Crippen molar-refractivity contribution in [3.05, 3.63) is 24.2 Å². The summed E-state index contributed by atoms with van der Waals surface area (Å²) in [7, 11) is 0. The Morgan fingerprint density at radius 2 is 2.39 bits per heavy atom. The highest BCUT2D eigenvalue weighted by molar-refractivity contribution is 7.99. The van der Waals surface area contributed by atoms with E-state index in [0.29, 0.717) is 17.6 Å². The van der Waals surface area contributed by atoms with E-state index >= 15 is 0 Å². The lowest BCUT2D eigenvalue weighted by atomic mass is 10.0. The summed E-state index contributed by atoms with van der Waals surface area (Å²) in [6.07, 6.45) is 4.04. The molecule has 1 aliphatic heterocycles. The van der Waals surface area contributed by atoms with Crippen LogP contribution in [0.15, 0.2) is 28.0 Å². The Morgan fingerprint density at radius 3 is 3.09 bits per heavy atom. The van der Waals surface area contributed by atoms with Gasteiger partial charge in [0.05, 0.1) is 18.6 Å². The topological polar surface area (TPSA) is 90.2 Å². The zero-order valence-electron chi connectivity index (χ0n) is 13.1. The fourth-order valence-corrected chi connectivity index (χ4v) is 3.50. The van der Waals surface area contributed by atoms with Crippen LogP contribution in [0.5, 0.6) is 0 Å². The molecule has 3 rings (SSSR count). The second-order valence-corrected chi connectivity index (χ2v) is 6.84. The largest absolute Gasteiger partial charge is 0.467 e. The maximum Gasteiger partial charge on any atom is 0.228 e. The van der Waals surface area contributed by atoms with Crippen LogP contribution in [-0.4, -0.2) is 39.5 Å². The van der Waals surface area contributed by atoms with Crippen molar-refractivity contribution in [1.82, 2.24) is 14.8 Å². The van der Waals surface area contributed by atoms with Crippen LogP contribution in [0.3, 0.4) is 0 Å². The molecule has 2 aromatic rings. The molecular formula is C15H21N5O2S. The Kier molecular flexibility index (Phi) is 4.90. The highest BCUT2D eigenvalue weighted by Crippen LogP contribution is 2.26. The molecule has 2 aromatic heterocycles. The van der Waals surface area contributed by atoms with Crippen LogP contribution < -0.4 is 10.6 Å². The van der Waals surface area contributed by atoms with Gasteiger partial charge in [-0.05, 0) is 30.9 Å². The number of amides is 1. The Hall–Kier alpha value is -1.96. The van der Waals surface area contributed by atoms with Crippen LogP contribution in [-0.2, 0) is 11.3 Å². The number of nitrogens with zero attached hydrogens (tertiary/aromatic N) is 4. The summed E-state index contributed by atoms with van der Waals surface area (Å²) in [6.45, 7) is 4.74. The number of piperidine rings is 1. The van der Waals surface area contributed by atoms with Gasteiger partial charge < -0.3 is 15.1 Å². The Labute approximate surface area is 139 Å². The second-order valence-electron chi connectivity index (χ2n) is 5.90. The van der Waals surface area contributed by atoms with E-state index in [9.17, 15) is 4.79 Å². The third-order valence-electron chi connectivity index (χ3n) is 3.87. The highest BCUT2D eigenvalue weighted by atomic mass is 32.2. The molecule has 0 aliphatic carbocycles. The van der Waals surface area contributed by atoms with Crippen LogP contribution in [0.25, 0.3) is 0 Å². The van der Waals surface area contributed by atoms with Crippen molar-refractivity contribution in [2.45, 2.75) is 31.5 Å². The summed E-state index contributed by atoms with van der Waals surface area (Å²) in [5, 5.41) is 9.30. The lowest BCUT2D eigenvalue weighted by Gasteiger charge is -2.31. The zero-order valence-corrected chi connectivity index (χ0v) is 14.0. The van der Waals surface area contributed by atoms with Gasteiger partial charge in [-0.2, -0.15) is 0 Å². The van der Waals surface area contributed by atoms with E-state index in [1.165, 1.54) is 18.2 Å². The number of rotatable bonds is 6. The molecule has 0 spiro atoms. The standard InChI is InChI=1S/C15H21N5O2S/c1-11-4-2-6-19(8-11)14-17-18-15(23-10-13(16)21)20(14)9-12-5-3-7-22-12/h3,5,7,11H,2,4,6,8-10H2,1H3,(H2,16,21)/t11-/m0/s1. The van der Waals surface area contributed by atoms with Crippen molar-refractivity contribution in [1.29, 1.82) is 0 Å². The van der Waals surface area contributed by atoms with Crippen LogP contribution >= 0.6 is 11.8 Å². The van der Waals surface area contributed by atoms with Gasteiger partial charge in [-0.15, -0.1) is 10.2 Å². The van der Waals surface area contributed by atoms with E-state index in [4.69, 9.17) is 10.2 Å². The maximum absolute atomic E-state index is 11.1. The Morgan fingerprint density at radius 1 is 1.52 bits per heavy atom. The molecule has 124 valence electrons. The van der Waals surface area contributed by atoms with Crippen LogP contribution in [0.2, 0.25) is 0 Å². The molecule has 1 fully saturated rings. The minimum absolute atomic E-state index is 0.187. The quantitative estimate of drug-likeness (QED) is 0.809. The summed E-state index contributed by atoms with van der Waals surface area (Å²) in [6, 6.07) is 3.78. The first-order valence-corrected chi connectivity index (χ1v) is 8.73. The van der Waals surface area contributed by atoms with Gasteiger partial charge in [-0.3, -0.25) is 9.36 Å². The van der Waals surface area contributed by atoms with Gasteiger partial charge in [-0.25, -0.2) is 0 Å². The summed E-state index contributed by atoms with van der Waals surface area (Å²) in [5.41, 5.74) is 5.25. The number of aromatic nitrogens is 3. The number of primary amides is 1. The van der Waals surface area contributed by atoms with E-state index in [2.05, 4.69) is 22.0 Å². The van der Waals surface area contributed by atoms with Gasteiger partial charge in [-0.1, -0.05) is 18.7 Å². The smallest absolute Gasteiger partial charge is 0.228 e. The zero-order chi connectivity index (χ0) is 16.2. The molecule has 0 bridgehead atoms. The van der Waals surface area contributed by atoms with Gasteiger partial charge in [0.1, 0.15) is 5.76 Å². The van der Waals surface area contributed by atoms with Crippen LogP contribution in [0.4, 0.5) is 5.95 Å². The molecule has 1 amide bonds. The molecular weight excluding hydrogens is 314 g/mol. The monoisotopic (exact) mass is 335 g/mol. The normalized spacial score (nSPS) is 18.3. The molecule has 1 atom stereocenters. The average molecular weight is 335 g/mol. The number of carbonyl (C=O) groups excluding carboxylic acids is 1. The summed E-state index contributed by atoms with van der Waals surface area (Å²) in [5.74, 6) is 2.12. The van der Waals surface area contributed by atoms with Crippen molar-refractivity contribution < 1.29 is 9.21 Å². The summed E-state index contributed by atoms with van der Waals surface area (Å²) >= 11 is 1.31. The fraction of sp³-hybridized carbons (Fsp3) is 0.533. The van der Waals surface area contributed by atoms with Crippen LogP contribution in [0.1, 0.15) is 25.5 Å². The van der Waals surface area contributed by atoms with Crippen molar-refractivity contribution >= 4 is 23.6 Å². The first-order chi connectivity index (χ1) is 11.1. The summed E-state index contributed by atoms with van der Waals surface area (Å²) < 4.78 is 7.46.